The normalized spacial score (nSPS) is 11.4. The number of hydrogen-bond acceptors (Lipinski definition) is 4. The molecule has 0 spiro atoms. The first kappa shape index (κ1) is 17.5. The van der Waals surface area contributed by atoms with Gasteiger partial charge in [0.05, 0.1) is 22.6 Å². The molecule has 0 fully saturated rings. The lowest BCUT2D eigenvalue weighted by Crippen LogP contribution is -1.86. The zero-order valence-electron chi connectivity index (χ0n) is 16.8. The van der Waals surface area contributed by atoms with Gasteiger partial charge in [-0.1, -0.05) is 12.1 Å². The van der Waals surface area contributed by atoms with Gasteiger partial charge in [0.15, 0.2) is 0 Å². The number of pyridine rings is 3. The molecule has 148 valence electrons. The molecule has 0 aliphatic rings. The standard InChI is InChI=1S/C25H18N6/c1-15-7-10-26-14-19(15)16-5-6-21-17(12-16)25(31-30-21)23-13-18-20(29-23)8-11-28-24(18)22-4-2-3-9-27-22/h2-14,29H,1H3,(H,30,31). The van der Waals surface area contributed by atoms with Gasteiger partial charge in [0.1, 0.15) is 5.69 Å². The summed E-state index contributed by atoms with van der Waals surface area (Å²) in [7, 11) is 0. The Labute approximate surface area is 178 Å². The Bertz CT molecular complexity index is 1550. The van der Waals surface area contributed by atoms with Gasteiger partial charge < -0.3 is 4.98 Å². The number of H-pyrrole nitrogens is 2. The maximum absolute atomic E-state index is 4.61. The van der Waals surface area contributed by atoms with Gasteiger partial charge >= 0.3 is 0 Å². The highest BCUT2D eigenvalue weighted by atomic mass is 15.1. The third-order valence-corrected chi connectivity index (χ3v) is 5.62. The Morgan fingerprint density at radius 3 is 2.58 bits per heavy atom. The zero-order chi connectivity index (χ0) is 20.8. The second kappa shape index (κ2) is 6.88. The molecule has 6 nitrogen and oxygen atoms in total. The number of nitrogens with zero attached hydrogens (tertiary/aromatic N) is 4. The predicted octanol–water partition coefficient (Wildman–Crippen LogP) is 5.54. The van der Waals surface area contributed by atoms with E-state index < -0.39 is 0 Å². The molecule has 31 heavy (non-hydrogen) atoms. The van der Waals surface area contributed by atoms with Gasteiger partial charge in [-0.25, -0.2) is 0 Å². The van der Waals surface area contributed by atoms with Gasteiger partial charge in [0.25, 0.3) is 0 Å². The van der Waals surface area contributed by atoms with Crippen LogP contribution in [-0.4, -0.2) is 30.1 Å². The first-order valence-corrected chi connectivity index (χ1v) is 10.1. The third-order valence-electron chi connectivity index (χ3n) is 5.62. The molecule has 5 heterocycles. The van der Waals surface area contributed by atoms with Gasteiger partial charge in [0.2, 0.25) is 0 Å². The van der Waals surface area contributed by atoms with Crippen LogP contribution in [0.15, 0.2) is 79.4 Å². The summed E-state index contributed by atoms with van der Waals surface area (Å²) in [5, 5.41) is 9.84. The lowest BCUT2D eigenvalue weighted by molar-refractivity contribution is 1.12. The number of fused-ring (bicyclic) bond motifs is 2. The first-order valence-electron chi connectivity index (χ1n) is 10.1. The molecule has 0 saturated heterocycles. The van der Waals surface area contributed by atoms with Crippen LogP contribution in [0.5, 0.6) is 0 Å². The topological polar surface area (TPSA) is 83.1 Å². The van der Waals surface area contributed by atoms with Gasteiger partial charge in [0, 0.05) is 46.6 Å². The molecule has 5 aromatic heterocycles. The van der Waals surface area contributed by atoms with Crippen molar-refractivity contribution in [2.24, 2.45) is 0 Å². The van der Waals surface area contributed by atoms with Crippen molar-refractivity contribution in [1.29, 1.82) is 0 Å². The van der Waals surface area contributed by atoms with Crippen molar-refractivity contribution in [3.05, 3.63) is 84.9 Å². The highest BCUT2D eigenvalue weighted by molar-refractivity contribution is 6.00. The number of aryl methyl sites for hydroxylation is 1. The molecule has 6 heteroatoms. The fourth-order valence-electron chi connectivity index (χ4n) is 4.04. The lowest BCUT2D eigenvalue weighted by Gasteiger charge is -2.05. The summed E-state index contributed by atoms with van der Waals surface area (Å²) in [5.41, 5.74) is 8.93. The molecule has 0 saturated carbocycles. The van der Waals surface area contributed by atoms with Crippen LogP contribution < -0.4 is 0 Å². The number of aromatic nitrogens is 6. The second-order valence-electron chi connectivity index (χ2n) is 7.54. The second-order valence-corrected chi connectivity index (χ2v) is 7.54. The van der Waals surface area contributed by atoms with Crippen molar-refractivity contribution < 1.29 is 0 Å². The average molecular weight is 402 g/mol. The summed E-state index contributed by atoms with van der Waals surface area (Å²) >= 11 is 0. The van der Waals surface area contributed by atoms with Gasteiger partial charge in [-0.15, -0.1) is 0 Å². The molecular weight excluding hydrogens is 384 g/mol. The Kier molecular flexibility index (Phi) is 3.89. The number of aromatic amines is 2. The van der Waals surface area contributed by atoms with E-state index in [2.05, 4.69) is 61.3 Å². The van der Waals surface area contributed by atoms with E-state index >= 15 is 0 Å². The minimum atomic E-state index is 0.847. The molecule has 1 aromatic carbocycles. The summed E-state index contributed by atoms with van der Waals surface area (Å²) in [5.74, 6) is 0. The summed E-state index contributed by atoms with van der Waals surface area (Å²) in [6, 6.07) is 18.3. The molecule has 2 N–H and O–H groups in total. The van der Waals surface area contributed by atoms with Crippen molar-refractivity contribution in [1.82, 2.24) is 30.1 Å². The van der Waals surface area contributed by atoms with Crippen LogP contribution in [0.25, 0.3) is 55.7 Å². The van der Waals surface area contributed by atoms with Crippen LogP contribution in [0.4, 0.5) is 0 Å². The molecule has 0 atom stereocenters. The monoisotopic (exact) mass is 402 g/mol. The van der Waals surface area contributed by atoms with Crippen LogP contribution in [0.3, 0.4) is 0 Å². The van der Waals surface area contributed by atoms with Crippen molar-refractivity contribution in [3.63, 3.8) is 0 Å². The van der Waals surface area contributed by atoms with E-state index in [1.807, 2.05) is 42.7 Å². The predicted molar refractivity (Wildman–Crippen MR) is 122 cm³/mol. The number of rotatable bonds is 3. The van der Waals surface area contributed by atoms with E-state index in [0.29, 0.717) is 0 Å². The SMILES string of the molecule is Cc1ccncc1-c1ccc2[nH]nc(-c3cc4c(-c5ccccn5)nccc4[nH]3)c2c1. The minimum absolute atomic E-state index is 0.847. The molecule has 0 aliphatic heterocycles. The number of nitrogens with one attached hydrogen (secondary N) is 2. The summed E-state index contributed by atoms with van der Waals surface area (Å²) in [6.45, 7) is 2.10. The van der Waals surface area contributed by atoms with Gasteiger partial charge in [-0.05, 0) is 60.5 Å². The maximum Gasteiger partial charge on any atom is 0.116 e. The lowest BCUT2D eigenvalue weighted by atomic mass is 10.0. The highest BCUT2D eigenvalue weighted by Crippen LogP contribution is 2.34. The van der Waals surface area contributed by atoms with E-state index in [1.165, 1.54) is 5.56 Å². The van der Waals surface area contributed by atoms with Crippen LogP contribution in [0.1, 0.15) is 5.56 Å². The average Bonchev–Trinajstić information content (AvgIpc) is 3.43. The molecule has 0 unspecified atom stereocenters. The molecule has 6 aromatic rings. The first-order chi connectivity index (χ1) is 15.3. The quantitative estimate of drug-likeness (QED) is 0.407. The fourth-order valence-corrected chi connectivity index (χ4v) is 4.04. The van der Waals surface area contributed by atoms with Crippen LogP contribution in [0, 0.1) is 6.92 Å². The van der Waals surface area contributed by atoms with Crippen molar-refractivity contribution in [3.8, 4) is 33.9 Å². The van der Waals surface area contributed by atoms with Crippen LogP contribution in [-0.2, 0) is 0 Å². The van der Waals surface area contributed by atoms with Gasteiger partial charge in [-0.3, -0.25) is 20.1 Å². The summed E-state index contributed by atoms with van der Waals surface area (Å²) in [4.78, 5) is 16.9. The molecule has 0 bridgehead atoms. The summed E-state index contributed by atoms with van der Waals surface area (Å²) < 4.78 is 0. The Balaban J connectivity index is 1.52. The van der Waals surface area contributed by atoms with E-state index in [1.54, 1.807) is 12.4 Å². The number of benzene rings is 1. The minimum Gasteiger partial charge on any atom is -0.353 e. The Hall–Kier alpha value is -4.32. The summed E-state index contributed by atoms with van der Waals surface area (Å²) in [6.07, 6.45) is 7.31. The Morgan fingerprint density at radius 1 is 0.774 bits per heavy atom. The molecule has 0 aliphatic carbocycles. The number of hydrogen-bond donors (Lipinski definition) is 2. The maximum atomic E-state index is 4.61. The van der Waals surface area contributed by atoms with E-state index in [-0.39, 0.29) is 0 Å². The van der Waals surface area contributed by atoms with E-state index in [0.717, 1.165) is 55.7 Å². The highest BCUT2D eigenvalue weighted by Gasteiger charge is 2.15. The van der Waals surface area contributed by atoms with E-state index in [4.69, 9.17) is 0 Å². The molecule has 0 radical (unpaired) electrons. The molecule has 6 rings (SSSR count). The smallest absolute Gasteiger partial charge is 0.116 e. The van der Waals surface area contributed by atoms with Crippen LogP contribution in [0.2, 0.25) is 0 Å². The van der Waals surface area contributed by atoms with Crippen molar-refractivity contribution in [2.75, 3.05) is 0 Å². The van der Waals surface area contributed by atoms with E-state index in [9.17, 15) is 0 Å². The van der Waals surface area contributed by atoms with Crippen molar-refractivity contribution in [2.45, 2.75) is 6.92 Å². The fraction of sp³-hybridized carbons (Fsp3) is 0.0400. The third kappa shape index (κ3) is 2.88. The zero-order valence-corrected chi connectivity index (χ0v) is 16.8. The van der Waals surface area contributed by atoms with Crippen molar-refractivity contribution >= 4 is 21.8 Å². The van der Waals surface area contributed by atoms with Gasteiger partial charge in [-0.2, -0.15) is 5.10 Å². The molecule has 0 amide bonds. The molecular formula is C25H18N6. The Morgan fingerprint density at radius 2 is 1.71 bits per heavy atom. The largest absolute Gasteiger partial charge is 0.353 e. The van der Waals surface area contributed by atoms with Crippen LogP contribution >= 0.6 is 0 Å².